The van der Waals surface area contributed by atoms with Gasteiger partial charge in [-0.3, -0.25) is 3.11 Å². The number of furan rings is 1. The largest absolute Gasteiger partial charge is 0.454 e. The van der Waals surface area contributed by atoms with Crippen molar-refractivity contribution in [3.8, 4) is 0 Å². The number of halogens is 2. The molecule has 4 aromatic rings. The molecule has 0 aliphatic carbocycles. The molecule has 0 aliphatic rings. The first-order valence-electron chi connectivity index (χ1n) is 8.22. The Morgan fingerprint density at radius 1 is 0.840 bits per heavy atom. The molecular weight excluding hydrogens is 428 g/mol. The Hall–Kier alpha value is -2.08. The first-order valence-corrected chi connectivity index (χ1v) is 9.19. The normalized spacial score (nSPS) is 11.6. The van der Waals surface area contributed by atoms with E-state index in [9.17, 15) is 4.39 Å². The molecule has 0 radical (unpaired) electrons. The van der Waals surface area contributed by atoms with Crippen molar-refractivity contribution >= 4 is 56.2 Å². The summed E-state index contributed by atoms with van der Waals surface area (Å²) in [5.74, 6) is 0.114. The first kappa shape index (κ1) is 16.4. The smallest absolute Gasteiger partial charge is 0.159 e. The van der Waals surface area contributed by atoms with Gasteiger partial charge in [0.25, 0.3) is 0 Å². The fourth-order valence-corrected chi connectivity index (χ4v) is 3.95. The highest BCUT2D eigenvalue weighted by Gasteiger charge is 2.19. The van der Waals surface area contributed by atoms with Gasteiger partial charge in [0.05, 0.1) is 34.2 Å². The number of rotatable bonds is 3. The highest BCUT2D eigenvalue weighted by atomic mass is 127. The van der Waals surface area contributed by atoms with Crippen LogP contribution in [0.4, 0.5) is 15.8 Å². The average Bonchev–Trinajstić information content (AvgIpc) is 3.00. The van der Waals surface area contributed by atoms with Gasteiger partial charge in [-0.1, -0.05) is 56.3 Å². The summed E-state index contributed by atoms with van der Waals surface area (Å²) >= 11 is 2.13. The third-order valence-corrected chi connectivity index (χ3v) is 5.47. The lowest BCUT2D eigenvalue weighted by Crippen LogP contribution is -2.03. The van der Waals surface area contributed by atoms with Crippen LogP contribution in [0.1, 0.15) is 25.3 Å². The number of hydrogen-bond donors (Lipinski definition) is 0. The van der Waals surface area contributed by atoms with Crippen LogP contribution in [0.2, 0.25) is 0 Å². The van der Waals surface area contributed by atoms with E-state index in [-0.39, 0.29) is 5.82 Å². The van der Waals surface area contributed by atoms with Gasteiger partial charge in [0.1, 0.15) is 11.4 Å². The molecule has 0 fully saturated rings. The van der Waals surface area contributed by atoms with Crippen LogP contribution in [0.3, 0.4) is 0 Å². The van der Waals surface area contributed by atoms with Crippen molar-refractivity contribution in [2.24, 2.45) is 0 Å². The lowest BCUT2D eigenvalue weighted by molar-refractivity contribution is 0.630. The van der Waals surface area contributed by atoms with Gasteiger partial charge in [0.15, 0.2) is 5.58 Å². The zero-order chi connectivity index (χ0) is 17.6. The summed E-state index contributed by atoms with van der Waals surface area (Å²) in [5.41, 5.74) is 4.24. The minimum atomic E-state index is -0.257. The highest BCUT2D eigenvalue weighted by molar-refractivity contribution is 14.1. The summed E-state index contributed by atoms with van der Waals surface area (Å²) in [4.78, 5) is 0. The molecule has 0 N–H and O–H groups in total. The van der Waals surface area contributed by atoms with Gasteiger partial charge in [-0.05, 0) is 29.7 Å². The third-order valence-electron chi connectivity index (χ3n) is 4.43. The molecular formula is C21H17FINO. The summed E-state index contributed by atoms with van der Waals surface area (Å²) in [6, 6.07) is 19.0. The van der Waals surface area contributed by atoms with Crippen molar-refractivity contribution < 1.29 is 8.81 Å². The van der Waals surface area contributed by atoms with E-state index in [0.29, 0.717) is 11.6 Å². The molecule has 1 heterocycles. The average molecular weight is 445 g/mol. The van der Waals surface area contributed by atoms with Crippen LogP contribution in [0.25, 0.3) is 21.9 Å². The van der Waals surface area contributed by atoms with Gasteiger partial charge < -0.3 is 4.42 Å². The van der Waals surface area contributed by atoms with Gasteiger partial charge in [0.2, 0.25) is 0 Å². The first-order chi connectivity index (χ1) is 12.1. The van der Waals surface area contributed by atoms with E-state index in [1.54, 1.807) is 12.1 Å². The Bertz CT molecular complexity index is 1070. The number of para-hydroxylation sites is 3. The van der Waals surface area contributed by atoms with E-state index in [4.69, 9.17) is 4.42 Å². The monoisotopic (exact) mass is 445 g/mol. The minimum Gasteiger partial charge on any atom is -0.454 e. The molecule has 25 heavy (non-hydrogen) atoms. The molecule has 1 aromatic heterocycles. The molecule has 0 unspecified atom stereocenters. The molecule has 0 bridgehead atoms. The molecule has 0 saturated carbocycles. The maximum Gasteiger partial charge on any atom is 0.159 e. The zero-order valence-corrected chi connectivity index (χ0v) is 16.1. The fourth-order valence-electron chi connectivity index (χ4n) is 3.18. The van der Waals surface area contributed by atoms with Crippen molar-refractivity contribution in [1.29, 1.82) is 0 Å². The Kier molecular flexibility index (Phi) is 4.15. The van der Waals surface area contributed by atoms with Gasteiger partial charge in [-0.2, -0.15) is 0 Å². The second-order valence-electron chi connectivity index (χ2n) is 6.37. The van der Waals surface area contributed by atoms with Crippen LogP contribution >= 0.6 is 22.9 Å². The molecule has 4 rings (SSSR count). The van der Waals surface area contributed by atoms with E-state index in [1.807, 2.05) is 21.3 Å². The maximum absolute atomic E-state index is 14.2. The lowest BCUT2D eigenvalue weighted by atomic mass is 10.0. The summed E-state index contributed by atoms with van der Waals surface area (Å²) in [5, 5.41) is 2.15. The molecule has 4 heteroatoms. The zero-order valence-electron chi connectivity index (χ0n) is 14.0. The highest BCUT2D eigenvalue weighted by Crippen LogP contribution is 2.41. The topological polar surface area (TPSA) is 16.4 Å². The molecule has 0 saturated heterocycles. The van der Waals surface area contributed by atoms with Gasteiger partial charge in [0, 0.05) is 10.8 Å². The van der Waals surface area contributed by atoms with Gasteiger partial charge in [-0.25, -0.2) is 4.39 Å². The van der Waals surface area contributed by atoms with Crippen molar-refractivity contribution in [2.45, 2.75) is 19.8 Å². The molecule has 0 aliphatic heterocycles. The lowest BCUT2D eigenvalue weighted by Gasteiger charge is -2.17. The molecule has 2 nitrogen and oxygen atoms in total. The van der Waals surface area contributed by atoms with Crippen molar-refractivity contribution in [3.63, 3.8) is 0 Å². The predicted molar refractivity (Wildman–Crippen MR) is 110 cm³/mol. The van der Waals surface area contributed by atoms with E-state index in [1.165, 1.54) is 11.6 Å². The van der Waals surface area contributed by atoms with Crippen LogP contribution in [-0.2, 0) is 0 Å². The summed E-state index contributed by atoms with van der Waals surface area (Å²) in [6.07, 6.45) is 0. The van der Waals surface area contributed by atoms with Gasteiger partial charge >= 0.3 is 0 Å². The third kappa shape index (κ3) is 2.68. The molecule has 126 valence electrons. The molecule has 0 spiro atoms. The standard InChI is InChI=1S/C21H17FINO/c1-13(2)14-7-5-8-15-16-9-6-12-19(21(16)25-20(14)15)24(23)18-11-4-3-10-17(18)22/h3-13H,1-2H3. The Morgan fingerprint density at radius 2 is 1.48 bits per heavy atom. The SMILES string of the molecule is CC(C)c1cccc2c1oc1c(N(I)c3ccccc3F)cccc12. The Morgan fingerprint density at radius 3 is 2.20 bits per heavy atom. The van der Waals surface area contributed by atoms with Crippen LogP contribution in [0.5, 0.6) is 0 Å². The number of hydrogen-bond acceptors (Lipinski definition) is 2. The quantitative estimate of drug-likeness (QED) is 0.242. The van der Waals surface area contributed by atoms with Gasteiger partial charge in [-0.15, -0.1) is 0 Å². The fraction of sp³-hybridized carbons (Fsp3) is 0.143. The van der Waals surface area contributed by atoms with Crippen LogP contribution in [-0.4, -0.2) is 0 Å². The van der Waals surface area contributed by atoms with E-state index >= 15 is 0 Å². The second kappa shape index (κ2) is 6.33. The number of fused-ring (bicyclic) bond motifs is 3. The van der Waals surface area contributed by atoms with Crippen LogP contribution < -0.4 is 3.11 Å². The van der Waals surface area contributed by atoms with E-state index < -0.39 is 0 Å². The van der Waals surface area contributed by atoms with Crippen molar-refractivity contribution in [1.82, 2.24) is 0 Å². The number of anilines is 2. The van der Waals surface area contributed by atoms with Crippen molar-refractivity contribution in [3.05, 3.63) is 72.0 Å². The van der Waals surface area contributed by atoms with Crippen LogP contribution in [0, 0.1) is 5.82 Å². The molecule has 0 amide bonds. The number of benzene rings is 3. The Labute approximate surface area is 159 Å². The second-order valence-corrected chi connectivity index (χ2v) is 7.33. The van der Waals surface area contributed by atoms with Crippen LogP contribution in [0.15, 0.2) is 65.1 Å². The minimum absolute atomic E-state index is 0.257. The van der Waals surface area contributed by atoms with E-state index in [0.717, 1.165) is 27.6 Å². The molecule has 3 aromatic carbocycles. The molecule has 0 atom stereocenters. The summed E-state index contributed by atoms with van der Waals surface area (Å²) in [7, 11) is 0. The Balaban J connectivity index is 1.98. The summed E-state index contributed by atoms with van der Waals surface area (Å²) in [6.45, 7) is 4.32. The summed E-state index contributed by atoms with van der Waals surface area (Å²) < 4.78 is 22.3. The number of nitrogens with zero attached hydrogens (tertiary/aromatic N) is 1. The van der Waals surface area contributed by atoms with Crippen molar-refractivity contribution in [2.75, 3.05) is 3.11 Å². The maximum atomic E-state index is 14.2. The predicted octanol–water partition coefficient (Wildman–Crippen LogP) is 7.34. The van der Waals surface area contributed by atoms with E-state index in [2.05, 4.69) is 61.0 Å².